The maximum Gasteiger partial charge on any atom is 0.222 e. The van der Waals surface area contributed by atoms with Crippen molar-refractivity contribution in [2.45, 2.75) is 31.3 Å². The van der Waals surface area contributed by atoms with Crippen molar-refractivity contribution in [2.75, 3.05) is 13.7 Å². The molecule has 0 radical (unpaired) electrons. The molecular weight excluding hydrogens is 156 g/mol. The van der Waals surface area contributed by atoms with Gasteiger partial charge in [-0.1, -0.05) is 0 Å². The van der Waals surface area contributed by atoms with Crippen molar-refractivity contribution >= 4 is 5.91 Å². The first-order valence-corrected chi connectivity index (χ1v) is 4.26. The van der Waals surface area contributed by atoms with Crippen LogP contribution >= 0.6 is 0 Å². The lowest BCUT2D eigenvalue weighted by atomic mass is 9.87. The Labute approximate surface area is 72.5 Å². The third-order valence-electron chi connectivity index (χ3n) is 2.07. The molecule has 1 aliphatic carbocycles. The van der Waals surface area contributed by atoms with Crippen molar-refractivity contribution in [2.24, 2.45) is 5.73 Å². The van der Waals surface area contributed by atoms with Crippen LogP contribution in [-0.4, -0.2) is 31.7 Å². The fraction of sp³-hybridized carbons (Fsp3) is 0.875. The van der Waals surface area contributed by atoms with Gasteiger partial charge in [0.1, 0.15) is 0 Å². The Hall–Kier alpha value is -0.610. The molecule has 1 amide bonds. The number of nitrogens with one attached hydrogen (secondary N) is 1. The number of hydrogen-bond donors (Lipinski definition) is 2. The molecule has 1 rings (SSSR count). The lowest BCUT2D eigenvalue weighted by Gasteiger charge is -2.32. The van der Waals surface area contributed by atoms with Crippen molar-refractivity contribution in [3.05, 3.63) is 0 Å². The van der Waals surface area contributed by atoms with Gasteiger partial charge in [0, 0.05) is 25.6 Å². The largest absolute Gasteiger partial charge is 0.384 e. The Morgan fingerprint density at radius 1 is 1.67 bits per heavy atom. The summed E-state index contributed by atoms with van der Waals surface area (Å²) in [4.78, 5) is 11.1. The second-order valence-corrected chi connectivity index (χ2v) is 3.24. The first kappa shape index (κ1) is 9.48. The van der Waals surface area contributed by atoms with E-state index in [4.69, 9.17) is 10.5 Å². The second-order valence-electron chi connectivity index (χ2n) is 3.24. The van der Waals surface area contributed by atoms with Crippen molar-refractivity contribution < 1.29 is 9.53 Å². The minimum Gasteiger partial charge on any atom is -0.384 e. The van der Waals surface area contributed by atoms with E-state index in [9.17, 15) is 4.79 Å². The number of nitrogens with two attached hydrogens (primary N) is 1. The molecule has 0 heterocycles. The van der Waals surface area contributed by atoms with E-state index in [0.717, 1.165) is 12.8 Å². The first-order chi connectivity index (χ1) is 5.72. The van der Waals surface area contributed by atoms with Crippen LogP contribution in [-0.2, 0) is 9.53 Å². The second kappa shape index (κ2) is 4.42. The Kier molecular flexibility index (Phi) is 3.49. The molecule has 0 aromatic carbocycles. The molecule has 0 aromatic rings. The molecule has 1 aliphatic rings. The SMILES string of the molecule is COCCC(=O)N[C@H]1C[C@H](N)C1. The molecule has 0 atom stereocenters. The van der Waals surface area contributed by atoms with Gasteiger partial charge in [-0.2, -0.15) is 0 Å². The highest BCUT2D eigenvalue weighted by Gasteiger charge is 2.26. The average molecular weight is 172 g/mol. The van der Waals surface area contributed by atoms with E-state index in [1.807, 2.05) is 0 Å². The summed E-state index contributed by atoms with van der Waals surface area (Å²) < 4.78 is 4.78. The number of carbonyl (C=O) groups is 1. The van der Waals surface area contributed by atoms with Crippen molar-refractivity contribution in [3.8, 4) is 0 Å². The summed E-state index contributed by atoms with van der Waals surface area (Å²) in [6.45, 7) is 0.491. The van der Waals surface area contributed by atoms with Gasteiger partial charge in [0.05, 0.1) is 6.61 Å². The molecule has 70 valence electrons. The molecule has 0 aliphatic heterocycles. The number of hydrogen-bond acceptors (Lipinski definition) is 3. The van der Waals surface area contributed by atoms with E-state index in [2.05, 4.69) is 5.32 Å². The highest BCUT2D eigenvalue weighted by atomic mass is 16.5. The Morgan fingerprint density at radius 3 is 2.83 bits per heavy atom. The van der Waals surface area contributed by atoms with E-state index in [0.29, 0.717) is 19.1 Å². The molecule has 1 saturated carbocycles. The van der Waals surface area contributed by atoms with Gasteiger partial charge in [-0.3, -0.25) is 4.79 Å². The molecule has 4 heteroatoms. The average Bonchev–Trinajstić information content (AvgIpc) is 1.98. The molecule has 0 saturated heterocycles. The van der Waals surface area contributed by atoms with E-state index < -0.39 is 0 Å². The molecule has 0 spiro atoms. The predicted molar refractivity (Wildman–Crippen MR) is 45.6 cm³/mol. The van der Waals surface area contributed by atoms with Crippen LogP contribution in [0.2, 0.25) is 0 Å². The topological polar surface area (TPSA) is 64.3 Å². The van der Waals surface area contributed by atoms with E-state index in [1.54, 1.807) is 7.11 Å². The molecule has 4 nitrogen and oxygen atoms in total. The van der Waals surface area contributed by atoms with Crippen LogP contribution in [0.5, 0.6) is 0 Å². The van der Waals surface area contributed by atoms with Gasteiger partial charge in [-0.25, -0.2) is 0 Å². The fourth-order valence-electron chi connectivity index (χ4n) is 1.27. The number of carbonyl (C=O) groups excluding carboxylic acids is 1. The summed E-state index contributed by atoms with van der Waals surface area (Å²) in [5, 5.41) is 2.88. The lowest BCUT2D eigenvalue weighted by molar-refractivity contribution is -0.123. The smallest absolute Gasteiger partial charge is 0.222 e. The number of ether oxygens (including phenoxy) is 1. The van der Waals surface area contributed by atoms with E-state index >= 15 is 0 Å². The van der Waals surface area contributed by atoms with Crippen LogP contribution in [0.15, 0.2) is 0 Å². The first-order valence-electron chi connectivity index (χ1n) is 4.26. The van der Waals surface area contributed by atoms with Crippen LogP contribution in [0.4, 0.5) is 0 Å². The van der Waals surface area contributed by atoms with Gasteiger partial charge < -0.3 is 15.8 Å². The summed E-state index contributed by atoms with van der Waals surface area (Å²) in [5.74, 6) is 0.0637. The monoisotopic (exact) mass is 172 g/mol. The van der Waals surface area contributed by atoms with Gasteiger partial charge in [-0.15, -0.1) is 0 Å². The van der Waals surface area contributed by atoms with E-state index in [1.165, 1.54) is 0 Å². The Balaban J connectivity index is 2.03. The molecule has 3 N–H and O–H groups in total. The minimum atomic E-state index is 0.0637. The van der Waals surface area contributed by atoms with E-state index in [-0.39, 0.29) is 11.9 Å². The summed E-state index contributed by atoms with van der Waals surface area (Å²) in [5.41, 5.74) is 5.57. The number of methoxy groups -OCH3 is 1. The molecule has 12 heavy (non-hydrogen) atoms. The van der Waals surface area contributed by atoms with Crippen LogP contribution < -0.4 is 11.1 Å². The van der Waals surface area contributed by atoms with Gasteiger partial charge in [0.25, 0.3) is 0 Å². The highest BCUT2D eigenvalue weighted by molar-refractivity contribution is 5.76. The van der Waals surface area contributed by atoms with Crippen molar-refractivity contribution in [1.82, 2.24) is 5.32 Å². The van der Waals surface area contributed by atoms with Crippen LogP contribution in [0.3, 0.4) is 0 Å². The standard InChI is InChI=1S/C8H16N2O2/c1-12-3-2-8(11)10-7-4-6(9)5-7/h6-7H,2-5,9H2,1H3,(H,10,11)/t6-,7-. The highest BCUT2D eigenvalue weighted by Crippen LogP contribution is 2.17. The lowest BCUT2D eigenvalue weighted by Crippen LogP contribution is -2.50. The zero-order valence-corrected chi connectivity index (χ0v) is 7.38. The number of rotatable bonds is 4. The van der Waals surface area contributed by atoms with Crippen LogP contribution in [0, 0.1) is 0 Å². The third-order valence-corrected chi connectivity index (χ3v) is 2.07. The Bertz CT molecular complexity index is 155. The quantitative estimate of drug-likeness (QED) is 0.608. The van der Waals surface area contributed by atoms with Gasteiger partial charge in [0.15, 0.2) is 0 Å². The summed E-state index contributed by atoms with van der Waals surface area (Å²) in [7, 11) is 1.59. The molecular formula is C8H16N2O2. The minimum absolute atomic E-state index is 0.0637. The van der Waals surface area contributed by atoms with Gasteiger partial charge in [0.2, 0.25) is 5.91 Å². The third kappa shape index (κ3) is 2.79. The summed E-state index contributed by atoms with van der Waals surface area (Å²) in [6, 6.07) is 0.599. The van der Waals surface area contributed by atoms with Crippen molar-refractivity contribution in [3.63, 3.8) is 0 Å². The molecule has 0 aromatic heterocycles. The summed E-state index contributed by atoms with van der Waals surface area (Å²) in [6.07, 6.45) is 2.28. The van der Waals surface area contributed by atoms with Gasteiger partial charge >= 0.3 is 0 Å². The zero-order chi connectivity index (χ0) is 8.97. The van der Waals surface area contributed by atoms with Crippen LogP contribution in [0.25, 0.3) is 0 Å². The molecule has 0 unspecified atom stereocenters. The van der Waals surface area contributed by atoms with Crippen LogP contribution in [0.1, 0.15) is 19.3 Å². The molecule has 0 bridgehead atoms. The predicted octanol–water partition coefficient (Wildman–Crippen LogP) is -0.371. The maximum atomic E-state index is 11.1. The van der Waals surface area contributed by atoms with Gasteiger partial charge in [-0.05, 0) is 12.8 Å². The zero-order valence-electron chi connectivity index (χ0n) is 7.38. The summed E-state index contributed by atoms with van der Waals surface area (Å²) >= 11 is 0. The Morgan fingerprint density at radius 2 is 2.33 bits per heavy atom. The van der Waals surface area contributed by atoms with Crippen molar-refractivity contribution in [1.29, 1.82) is 0 Å². The molecule has 1 fully saturated rings. The fourth-order valence-corrected chi connectivity index (χ4v) is 1.27. The number of amides is 1. The maximum absolute atomic E-state index is 11.1. The normalized spacial score (nSPS) is 27.8.